The third-order valence-corrected chi connectivity index (χ3v) is 2.96. The highest BCUT2D eigenvalue weighted by Crippen LogP contribution is 2.20. The molecule has 0 radical (unpaired) electrons. The van der Waals surface area contributed by atoms with Crippen LogP contribution in [-0.2, 0) is 9.53 Å². The van der Waals surface area contributed by atoms with Crippen LogP contribution in [-0.4, -0.2) is 23.7 Å². The topological polar surface area (TPSA) is 86.2 Å². The van der Waals surface area contributed by atoms with Gasteiger partial charge in [-0.3, -0.25) is 15.6 Å². The lowest BCUT2D eigenvalue weighted by atomic mass is 10.1. The summed E-state index contributed by atoms with van der Waals surface area (Å²) in [5.74, 6) is -0.452. The van der Waals surface area contributed by atoms with Crippen LogP contribution < -0.4 is 16.2 Å². The van der Waals surface area contributed by atoms with E-state index in [9.17, 15) is 4.79 Å². The molecule has 1 aliphatic rings. The van der Waals surface area contributed by atoms with Gasteiger partial charge in [-0.2, -0.15) is 5.26 Å². The lowest BCUT2D eigenvalue weighted by Crippen LogP contribution is -2.46. The molecule has 0 spiro atoms. The van der Waals surface area contributed by atoms with Crippen LogP contribution in [0.25, 0.3) is 0 Å². The molecule has 0 aromatic heterocycles. The van der Waals surface area contributed by atoms with Crippen LogP contribution in [0.5, 0.6) is 0 Å². The standard InChI is InChI=1S/C14H18N4O2S/c1-10-4-6-14(2,20-3)9-11(8-10)16-13(21)18-17-12(19)5-7-15/h4,6,8-9H,5H2,1-3H3,(H,17,19)(H2,16,18,21). The Morgan fingerprint density at radius 3 is 2.86 bits per heavy atom. The number of rotatable bonds is 3. The molecule has 6 nitrogen and oxygen atoms in total. The number of ether oxygens (including phenoxy) is 1. The van der Waals surface area contributed by atoms with Crippen molar-refractivity contribution in [2.24, 2.45) is 0 Å². The van der Waals surface area contributed by atoms with E-state index in [1.54, 1.807) is 13.2 Å². The molecular weight excluding hydrogens is 288 g/mol. The summed E-state index contributed by atoms with van der Waals surface area (Å²) < 4.78 is 5.44. The monoisotopic (exact) mass is 306 g/mol. The van der Waals surface area contributed by atoms with Gasteiger partial charge < -0.3 is 10.1 Å². The van der Waals surface area contributed by atoms with Crippen LogP contribution in [0.3, 0.4) is 0 Å². The smallest absolute Gasteiger partial charge is 0.252 e. The Bertz CT molecular complexity index is 560. The maximum atomic E-state index is 11.2. The van der Waals surface area contributed by atoms with Gasteiger partial charge >= 0.3 is 0 Å². The summed E-state index contributed by atoms with van der Waals surface area (Å²) in [6.45, 7) is 3.88. The van der Waals surface area contributed by atoms with Gasteiger partial charge in [-0.25, -0.2) is 0 Å². The summed E-state index contributed by atoms with van der Waals surface area (Å²) in [7, 11) is 1.62. The summed E-state index contributed by atoms with van der Waals surface area (Å²) in [5.41, 5.74) is 6.09. The van der Waals surface area contributed by atoms with E-state index in [0.717, 1.165) is 11.3 Å². The zero-order chi connectivity index (χ0) is 15.9. The fourth-order valence-electron chi connectivity index (χ4n) is 1.59. The van der Waals surface area contributed by atoms with Gasteiger partial charge in [-0.1, -0.05) is 6.08 Å². The Morgan fingerprint density at radius 1 is 1.52 bits per heavy atom. The van der Waals surface area contributed by atoms with Crippen molar-refractivity contribution >= 4 is 23.2 Å². The van der Waals surface area contributed by atoms with Gasteiger partial charge in [0, 0.05) is 12.8 Å². The molecule has 1 unspecified atom stereocenters. The highest BCUT2D eigenvalue weighted by Gasteiger charge is 2.19. The minimum Gasteiger partial charge on any atom is -0.370 e. The van der Waals surface area contributed by atoms with E-state index in [1.165, 1.54) is 0 Å². The Hall–Kier alpha value is -2.17. The van der Waals surface area contributed by atoms with E-state index in [0.29, 0.717) is 0 Å². The first-order chi connectivity index (χ1) is 9.88. The molecule has 0 bridgehead atoms. The summed E-state index contributed by atoms with van der Waals surface area (Å²) in [6.07, 6.45) is 7.46. The van der Waals surface area contributed by atoms with Crippen LogP contribution in [0.4, 0.5) is 0 Å². The first-order valence-corrected chi connectivity index (χ1v) is 6.67. The molecule has 1 rings (SSSR count). The number of hydrogen-bond donors (Lipinski definition) is 3. The molecule has 1 amide bonds. The second kappa shape index (κ2) is 7.57. The summed E-state index contributed by atoms with van der Waals surface area (Å²) in [4.78, 5) is 11.2. The molecule has 0 fully saturated rings. The molecule has 7 heteroatoms. The predicted octanol–water partition coefficient (Wildman–Crippen LogP) is 1.20. The summed E-state index contributed by atoms with van der Waals surface area (Å²) in [5, 5.41) is 11.6. The fourth-order valence-corrected chi connectivity index (χ4v) is 1.76. The number of amides is 1. The normalized spacial score (nSPS) is 20.5. The fraction of sp³-hybridized carbons (Fsp3) is 0.357. The largest absolute Gasteiger partial charge is 0.370 e. The van der Waals surface area contributed by atoms with E-state index >= 15 is 0 Å². The highest BCUT2D eigenvalue weighted by atomic mass is 32.1. The minimum absolute atomic E-state index is 0.219. The van der Waals surface area contributed by atoms with E-state index in [1.807, 2.05) is 38.2 Å². The Balaban J connectivity index is 2.68. The van der Waals surface area contributed by atoms with Crippen LogP contribution in [0.15, 0.2) is 35.6 Å². The van der Waals surface area contributed by atoms with Crippen molar-refractivity contribution < 1.29 is 9.53 Å². The average molecular weight is 306 g/mol. The Kier molecular flexibility index (Phi) is 6.09. The van der Waals surface area contributed by atoms with E-state index in [4.69, 9.17) is 22.2 Å². The summed E-state index contributed by atoms with van der Waals surface area (Å²) >= 11 is 5.08. The number of allylic oxidation sites excluding steroid dienone is 3. The zero-order valence-corrected chi connectivity index (χ0v) is 13.0. The van der Waals surface area contributed by atoms with E-state index in [-0.39, 0.29) is 11.5 Å². The zero-order valence-electron chi connectivity index (χ0n) is 12.2. The van der Waals surface area contributed by atoms with Crippen molar-refractivity contribution in [3.8, 4) is 6.07 Å². The molecule has 0 aromatic carbocycles. The summed E-state index contributed by atoms with van der Waals surface area (Å²) in [6, 6.07) is 1.74. The number of hydrazine groups is 1. The lowest BCUT2D eigenvalue weighted by molar-refractivity contribution is -0.120. The Labute approximate surface area is 129 Å². The number of thiocarbonyl (C=S) groups is 1. The van der Waals surface area contributed by atoms with Crippen LogP contribution >= 0.6 is 12.2 Å². The molecule has 0 heterocycles. The van der Waals surface area contributed by atoms with Gasteiger partial charge in [-0.05, 0) is 49.9 Å². The number of nitrogens with zero attached hydrogens (tertiary/aromatic N) is 1. The first-order valence-electron chi connectivity index (χ1n) is 6.27. The maximum Gasteiger partial charge on any atom is 0.252 e. The van der Waals surface area contributed by atoms with Gasteiger partial charge in [0.05, 0.1) is 6.07 Å². The number of methoxy groups -OCH3 is 1. The number of hydrogen-bond acceptors (Lipinski definition) is 4. The second-order valence-electron chi connectivity index (χ2n) is 4.67. The highest BCUT2D eigenvalue weighted by molar-refractivity contribution is 7.80. The van der Waals surface area contributed by atoms with Crippen molar-refractivity contribution in [2.75, 3.05) is 7.11 Å². The van der Waals surface area contributed by atoms with Crippen molar-refractivity contribution in [1.29, 1.82) is 5.26 Å². The average Bonchev–Trinajstić information content (AvgIpc) is 2.56. The number of nitrogens with one attached hydrogen (secondary N) is 3. The molecule has 0 aliphatic heterocycles. The quantitative estimate of drug-likeness (QED) is 0.536. The van der Waals surface area contributed by atoms with Crippen molar-refractivity contribution in [1.82, 2.24) is 16.2 Å². The molecule has 112 valence electrons. The Morgan fingerprint density at radius 2 is 2.24 bits per heavy atom. The van der Waals surface area contributed by atoms with Gasteiger partial charge in [0.15, 0.2) is 5.11 Å². The molecule has 1 aliphatic carbocycles. The van der Waals surface area contributed by atoms with E-state index < -0.39 is 11.5 Å². The van der Waals surface area contributed by atoms with Crippen molar-refractivity contribution in [3.63, 3.8) is 0 Å². The van der Waals surface area contributed by atoms with Crippen LogP contribution in [0, 0.1) is 11.3 Å². The predicted molar refractivity (Wildman–Crippen MR) is 83.6 cm³/mol. The van der Waals surface area contributed by atoms with Gasteiger partial charge in [0.1, 0.15) is 12.0 Å². The minimum atomic E-state index is -0.545. The lowest BCUT2D eigenvalue weighted by Gasteiger charge is -2.21. The molecule has 1 atom stereocenters. The third-order valence-electron chi connectivity index (χ3n) is 2.76. The SMILES string of the molecule is COC1(C)C=CC(C)=CC(NC(=S)NNC(=O)CC#N)=C1. The van der Waals surface area contributed by atoms with Gasteiger partial charge in [0.2, 0.25) is 0 Å². The second-order valence-corrected chi connectivity index (χ2v) is 5.08. The number of carbonyl (C=O) groups is 1. The van der Waals surface area contributed by atoms with E-state index in [2.05, 4.69) is 16.2 Å². The number of carbonyl (C=O) groups excluding carboxylic acids is 1. The van der Waals surface area contributed by atoms with Gasteiger partial charge in [0.25, 0.3) is 5.91 Å². The van der Waals surface area contributed by atoms with Crippen molar-refractivity contribution in [3.05, 3.63) is 35.6 Å². The maximum absolute atomic E-state index is 11.2. The molecule has 0 saturated carbocycles. The van der Waals surface area contributed by atoms with Gasteiger partial charge in [-0.15, -0.1) is 0 Å². The first kappa shape index (κ1) is 16.9. The molecule has 0 saturated heterocycles. The molecule has 21 heavy (non-hydrogen) atoms. The van der Waals surface area contributed by atoms with Crippen LogP contribution in [0.2, 0.25) is 0 Å². The number of nitriles is 1. The molecular formula is C14H18N4O2S. The molecule has 0 aromatic rings. The van der Waals surface area contributed by atoms with Crippen LogP contribution in [0.1, 0.15) is 20.3 Å². The van der Waals surface area contributed by atoms with Crippen molar-refractivity contribution in [2.45, 2.75) is 25.9 Å². The third kappa shape index (κ3) is 5.77. The molecule has 3 N–H and O–H groups in total.